The Morgan fingerprint density at radius 1 is 1.15 bits per heavy atom. The van der Waals surface area contributed by atoms with E-state index in [9.17, 15) is 0 Å². The lowest BCUT2D eigenvalue weighted by Gasteiger charge is -2.34. The number of rotatable bonds is 5. The fourth-order valence-corrected chi connectivity index (χ4v) is 3.20. The highest BCUT2D eigenvalue weighted by Crippen LogP contribution is 2.25. The number of aromatic nitrogens is 2. The molecule has 1 aromatic heterocycles. The number of piperazine rings is 1. The van der Waals surface area contributed by atoms with E-state index >= 15 is 0 Å². The molecular weight excluding hydrogens is 270 g/mol. The molecule has 114 valence electrons. The summed E-state index contributed by atoms with van der Waals surface area (Å²) in [4.78, 5) is 9.60. The monoisotopic (exact) mass is 297 g/mol. The van der Waals surface area contributed by atoms with Crippen LogP contribution in [-0.4, -0.2) is 53.5 Å². The zero-order chi connectivity index (χ0) is 14.6. The van der Waals surface area contributed by atoms with Gasteiger partial charge in [0.2, 0.25) is 5.13 Å². The van der Waals surface area contributed by atoms with E-state index in [0.29, 0.717) is 0 Å². The van der Waals surface area contributed by atoms with Gasteiger partial charge in [-0.25, -0.2) is 4.98 Å². The van der Waals surface area contributed by atoms with Gasteiger partial charge in [-0.15, -0.1) is 0 Å². The van der Waals surface area contributed by atoms with Crippen molar-refractivity contribution in [2.45, 2.75) is 39.0 Å². The molecule has 0 radical (unpaired) electrons. The summed E-state index contributed by atoms with van der Waals surface area (Å²) in [5.74, 6) is 0.961. The smallest absolute Gasteiger partial charge is 0.205 e. The van der Waals surface area contributed by atoms with E-state index in [0.717, 1.165) is 50.1 Å². The highest BCUT2D eigenvalue weighted by Gasteiger charge is 2.23. The number of anilines is 1. The summed E-state index contributed by atoms with van der Waals surface area (Å²) in [6.07, 6.45) is 2.34. The van der Waals surface area contributed by atoms with Crippen LogP contribution >= 0.6 is 11.5 Å². The van der Waals surface area contributed by atoms with Crippen LogP contribution in [0.2, 0.25) is 0 Å². The second-order valence-electron chi connectivity index (χ2n) is 6.48. The van der Waals surface area contributed by atoms with Gasteiger partial charge in [0.25, 0.3) is 0 Å². The summed E-state index contributed by atoms with van der Waals surface area (Å²) in [5.41, 5.74) is 5.58. The largest absolute Gasteiger partial charge is 0.344 e. The first kappa shape index (κ1) is 15.7. The molecule has 1 saturated heterocycles. The maximum absolute atomic E-state index is 5.54. The minimum atomic E-state index is 0.0405. The minimum absolute atomic E-state index is 0.0405. The lowest BCUT2D eigenvalue weighted by Crippen LogP contribution is -2.46. The van der Waals surface area contributed by atoms with Gasteiger partial charge in [0.1, 0.15) is 5.82 Å². The zero-order valence-corrected chi connectivity index (χ0v) is 13.7. The third-order valence-electron chi connectivity index (χ3n) is 3.66. The average Bonchev–Trinajstić information content (AvgIpc) is 2.89. The zero-order valence-electron chi connectivity index (χ0n) is 12.9. The molecule has 1 aliphatic heterocycles. The topological polar surface area (TPSA) is 58.3 Å². The van der Waals surface area contributed by atoms with Crippen molar-refractivity contribution >= 4 is 16.7 Å². The lowest BCUT2D eigenvalue weighted by molar-refractivity contribution is 0.253. The number of nitrogens with two attached hydrogens (primary N) is 1. The van der Waals surface area contributed by atoms with Crippen molar-refractivity contribution in [1.82, 2.24) is 14.3 Å². The average molecular weight is 297 g/mol. The Bertz CT molecular complexity index is 404. The molecule has 6 heteroatoms. The van der Waals surface area contributed by atoms with Crippen molar-refractivity contribution in [3.05, 3.63) is 5.82 Å². The fraction of sp³-hybridized carbons (Fsp3) is 0.857. The molecule has 20 heavy (non-hydrogen) atoms. The second kappa shape index (κ2) is 6.83. The first-order valence-corrected chi connectivity index (χ1v) is 8.29. The van der Waals surface area contributed by atoms with Crippen LogP contribution in [0.25, 0.3) is 0 Å². The molecule has 1 aromatic rings. The van der Waals surface area contributed by atoms with E-state index < -0.39 is 0 Å². The van der Waals surface area contributed by atoms with Crippen molar-refractivity contribution in [1.29, 1.82) is 0 Å². The highest BCUT2D eigenvalue weighted by atomic mass is 32.1. The van der Waals surface area contributed by atoms with Gasteiger partial charge in [0.05, 0.1) is 0 Å². The Hall–Kier alpha value is -0.720. The standard InChI is InChI=1S/C14H27N5S/c1-14(2,3)12-16-13(20-17-12)19-10-8-18(9-11-19)7-5-4-6-15/h4-11,15H2,1-3H3. The minimum Gasteiger partial charge on any atom is -0.344 e. The van der Waals surface area contributed by atoms with Crippen molar-refractivity contribution in [3.63, 3.8) is 0 Å². The molecule has 0 unspecified atom stereocenters. The van der Waals surface area contributed by atoms with Crippen molar-refractivity contribution < 1.29 is 0 Å². The van der Waals surface area contributed by atoms with Gasteiger partial charge in [-0.1, -0.05) is 20.8 Å². The molecule has 0 saturated carbocycles. The summed E-state index contributed by atoms with van der Waals surface area (Å²) in [7, 11) is 0. The van der Waals surface area contributed by atoms with Crippen molar-refractivity contribution in [2.75, 3.05) is 44.2 Å². The lowest BCUT2D eigenvalue weighted by atomic mass is 9.96. The quantitative estimate of drug-likeness (QED) is 0.838. The van der Waals surface area contributed by atoms with E-state index in [1.54, 1.807) is 0 Å². The molecule has 0 amide bonds. The van der Waals surface area contributed by atoms with E-state index in [1.165, 1.54) is 24.5 Å². The van der Waals surface area contributed by atoms with Gasteiger partial charge in [0, 0.05) is 43.1 Å². The Morgan fingerprint density at radius 3 is 2.40 bits per heavy atom. The third kappa shape index (κ3) is 4.14. The Morgan fingerprint density at radius 2 is 1.85 bits per heavy atom. The summed E-state index contributed by atoms with van der Waals surface area (Å²) in [6, 6.07) is 0. The van der Waals surface area contributed by atoms with Gasteiger partial charge in [0.15, 0.2) is 0 Å². The van der Waals surface area contributed by atoms with Crippen LogP contribution < -0.4 is 10.6 Å². The van der Waals surface area contributed by atoms with Gasteiger partial charge in [-0.3, -0.25) is 4.90 Å². The molecule has 1 aliphatic rings. The van der Waals surface area contributed by atoms with Crippen LogP contribution in [0.3, 0.4) is 0 Å². The molecule has 5 nitrogen and oxygen atoms in total. The maximum Gasteiger partial charge on any atom is 0.205 e. The number of nitrogens with zero attached hydrogens (tertiary/aromatic N) is 4. The van der Waals surface area contributed by atoms with Crippen LogP contribution in [0.1, 0.15) is 39.4 Å². The van der Waals surface area contributed by atoms with E-state index in [-0.39, 0.29) is 5.41 Å². The van der Waals surface area contributed by atoms with Gasteiger partial charge >= 0.3 is 0 Å². The molecule has 0 aromatic carbocycles. The number of unbranched alkanes of at least 4 members (excludes halogenated alkanes) is 1. The first-order chi connectivity index (χ1) is 9.50. The number of hydrogen-bond donors (Lipinski definition) is 1. The molecule has 0 spiro atoms. The van der Waals surface area contributed by atoms with Crippen LogP contribution in [0.15, 0.2) is 0 Å². The SMILES string of the molecule is CC(C)(C)c1nsc(N2CCN(CCCCN)CC2)n1. The predicted octanol–water partition coefficient (Wildman–Crippen LogP) is 1.70. The summed E-state index contributed by atoms with van der Waals surface area (Å²) in [5, 5.41) is 1.08. The molecule has 2 rings (SSSR count). The van der Waals surface area contributed by atoms with Crippen molar-refractivity contribution in [3.8, 4) is 0 Å². The Kier molecular flexibility index (Phi) is 5.35. The summed E-state index contributed by atoms with van der Waals surface area (Å²) < 4.78 is 4.50. The molecule has 0 bridgehead atoms. The normalized spacial score (nSPS) is 17.7. The third-order valence-corrected chi connectivity index (χ3v) is 4.43. The van der Waals surface area contributed by atoms with Gasteiger partial charge in [-0.2, -0.15) is 4.37 Å². The molecule has 1 fully saturated rings. The van der Waals surface area contributed by atoms with Crippen LogP contribution in [0.5, 0.6) is 0 Å². The van der Waals surface area contributed by atoms with Crippen LogP contribution in [-0.2, 0) is 5.41 Å². The Labute approximate surface area is 126 Å². The van der Waals surface area contributed by atoms with E-state index in [2.05, 4.69) is 34.9 Å². The van der Waals surface area contributed by atoms with Gasteiger partial charge < -0.3 is 10.6 Å². The summed E-state index contributed by atoms with van der Waals surface area (Å²) in [6.45, 7) is 12.8. The molecule has 0 atom stereocenters. The van der Waals surface area contributed by atoms with Crippen LogP contribution in [0.4, 0.5) is 5.13 Å². The predicted molar refractivity (Wildman–Crippen MR) is 85.6 cm³/mol. The molecule has 2 heterocycles. The second-order valence-corrected chi connectivity index (χ2v) is 7.21. The fourth-order valence-electron chi connectivity index (χ4n) is 2.29. The first-order valence-electron chi connectivity index (χ1n) is 7.52. The van der Waals surface area contributed by atoms with Crippen molar-refractivity contribution in [2.24, 2.45) is 5.73 Å². The highest BCUT2D eigenvalue weighted by molar-refractivity contribution is 7.09. The molecule has 2 N–H and O–H groups in total. The maximum atomic E-state index is 5.54. The number of hydrogen-bond acceptors (Lipinski definition) is 6. The molecule has 0 aliphatic carbocycles. The molecular formula is C14H27N5S. The van der Waals surface area contributed by atoms with E-state index in [4.69, 9.17) is 10.7 Å². The Balaban J connectivity index is 1.83. The van der Waals surface area contributed by atoms with Gasteiger partial charge in [-0.05, 0) is 25.9 Å². The van der Waals surface area contributed by atoms with E-state index in [1.807, 2.05) is 0 Å². The van der Waals surface area contributed by atoms with Crippen LogP contribution in [0, 0.1) is 0 Å². The summed E-state index contributed by atoms with van der Waals surface area (Å²) >= 11 is 1.54.